The molecule has 3 aromatic carbocycles. The van der Waals surface area contributed by atoms with E-state index >= 15 is 0 Å². The first-order valence-corrected chi connectivity index (χ1v) is 13.0. The van der Waals surface area contributed by atoms with Crippen LogP contribution in [-0.2, 0) is 15.8 Å². The van der Waals surface area contributed by atoms with Gasteiger partial charge in [0, 0.05) is 10.8 Å². The van der Waals surface area contributed by atoms with Crippen molar-refractivity contribution in [2.75, 3.05) is 4.90 Å². The number of benzene rings is 3. The molecular weight excluding hydrogens is 521 g/mol. The van der Waals surface area contributed by atoms with Gasteiger partial charge in [-0.1, -0.05) is 89.8 Å². The number of H-pyrrole nitrogens is 1. The number of amides is 2. The summed E-state index contributed by atoms with van der Waals surface area (Å²) in [6, 6.07) is 21.8. The Morgan fingerprint density at radius 3 is 2.14 bits per heavy atom. The second kappa shape index (κ2) is 8.74. The lowest BCUT2D eigenvalue weighted by molar-refractivity contribution is -0.137. The molecule has 0 aliphatic carbocycles. The van der Waals surface area contributed by atoms with Gasteiger partial charge in [0.25, 0.3) is 0 Å². The number of carbonyl (C=O) groups excluding carboxylic acids is 2. The van der Waals surface area contributed by atoms with Gasteiger partial charge in [0.15, 0.2) is 0 Å². The molecule has 0 unspecified atom stereocenters. The van der Waals surface area contributed by atoms with Crippen molar-refractivity contribution in [1.82, 2.24) is 4.98 Å². The monoisotopic (exact) mass is 538 g/mol. The summed E-state index contributed by atoms with van der Waals surface area (Å²) in [4.78, 5) is 43.2. The van der Waals surface area contributed by atoms with Gasteiger partial charge < -0.3 is 4.98 Å². The number of rotatable bonds is 3. The van der Waals surface area contributed by atoms with Gasteiger partial charge in [0.1, 0.15) is 5.25 Å². The number of thiazole rings is 1. The number of para-hydroxylation sites is 1. The number of aromatic amines is 1. The van der Waals surface area contributed by atoms with Crippen LogP contribution in [0.1, 0.15) is 21.9 Å². The van der Waals surface area contributed by atoms with E-state index in [0.717, 1.165) is 46.4 Å². The molecule has 5 nitrogen and oxygen atoms in total. The number of fused-ring (bicyclic) bond motifs is 2. The van der Waals surface area contributed by atoms with Crippen molar-refractivity contribution < 1.29 is 22.8 Å². The number of alkyl halides is 3. The molecule has 1 fully saturated rings. The molecule has 6 rings (SSSR count). The van der Waals surface area contributed by atoms with Crippen LogP contribution in [0.5, 0.6) is 0 Å². The highest BCUT2D eigenvalue weighted by Gasteiger charge is 2.57. The van der Waals surface area contributed by atoms with Crippen molar-refractivity contribution in [3.8, 4) is 11.1 Å². The Balaban J connectivity index is 1.45. The van der Waals surface area contributed by atoms with Crippen LogP contribution in [0.4, 0.5) is 18.9 Å². The van der Waals surface area contributed by atoms with Gasteiger partial charge in [-0.2, -0.15) is 13.2 Å². The molecule has 2 amide bonds. The highest BCUT2D eigenvalue weighted by Crippen LogP contribution is 2.54. The summed E-state index contributed by atoms with van der Waals surface area (Å²) in [5.41, 5.74) is 1.13. The van der Waals surface area contributed by atoms with E-state index in [2.05, 4.69) is 4.98 Å². The normalized spacial score (nSPS) is 21.2. The number of anilines is 1. The summed E-state index contributed by atoms with van der Waals surface area (Å²) < 4.78 is 41.3. The third-order valence-corrected chi connectivity index (χ3v) is 9.05. The van der Waals surface area contributed by atoms with Crippen LogP contribution in [0.15, 0.2) is 88.7 Å². The third-order valence-electron chi connectivity index (χ3n) is 6.65. The Hall–Kier alpha value is -3.63. The molecule has 10 heteroatoms. The number of nitrogens with one attached hydrogen (secondary N) is 1. The molecule has 37 heavy (non-hydrogen) atoms. The lowest BCUT2D eigenvalue weighted by Crippen LogP contribution is -2.33. The topological polar surface area (TPSA) is 70.2 Å². The number of thioether (sulfide) groups is 1. The minimum atomic E-state index is -4.74. The Morgan fingerprint density at radius 2 is 1.43 bits per heavy atom. The van der Waals surface area contributed by atoms with E-state index < -0.39 is 46.3 Å². The first-order chi connectivity index (χ1) is 17.7. The Bertz CT molecular complexity index is 1580. The second-order valence-electron chi connectivity index (χ2n) is 8.76. The zero-order valence-corrected chi connectivity index (χ0v) is 20.5. The number of imide groups is 1. The minimum absolute atomic E-state index is 0.317. The van der Waals surface area contributed by atoms with E-state index in [1.165, 1.54) is 12.1 Å². The van der Waals surface area contributed by atoms with Gasteiger partial charge in [-0.25, -0.2) is 4.90 Å². The molecule has 186 valence electrons. The van der Waals surface area contributed by atoms with Crippen molar-refractivity contribution in [3.05, 3.63) is 105 Å². The number of nitrogens with zero attached hydrogens (tertiary/aromatic N) is 1. The standard InChI is InChI=1S/C27H17F3N2O3S2/c28-27(29,30)17-8-4-5-9-18(17)32-24(33)20-19(21-23(31-26(35)37-21)36-22(20)25(32)34)16-12-10-15(11-13-16)14-6-2-1-3-7-14/h1-13,19-20,22H,(H,31,35)/t19-,20-,22+/m0/s1. The first-order valence-electron chi connectivity index (χ1n) is 11.3. The molecule has 0 spiro atoms. The summed E-state index contributed by atoms with van der Waals surface area (Å²) in [5, 5.41) is -0.495. The average molecular weight is 539 g/mol. The lowest BCUT2D eigenvalue weighted by atomic mass is 9.82. The number of aromatic nitrogens is 1. The number of halogens is 3. The Labute approximate surface area is 217 Å². The number of carbonyl (C=O) groups is 2. The van der Waals surface area contributed by atoms with Crippen LogP contribution in [0.25, 0.3) is 11.1 Å². The van der Waals surface area contributed by atoms with E-state index in [-0.39, 0.29) is 4.87 Å². The third kappa shape index (κ3) is 3.91. The van der Waals surface area contributed by atoms with Crippen LogP contribution in [0.2, 0.25) is 0 Å². The van der Waals surface area contributed by atoms with Crippen molar-refractivity contribution in [1.29, 1.82) is 0 Å². The maximum absolute atomic E-state index is 13.8. The van der Waals surface area contributed by atoms with Crippen molar-refractivity contribution in [2.45, 2.75) is 22.4 Å². The summed E-state index contributed by atoms with van der Waals surface area (Å²) >= 11 is 1.99. The predicted molar refractivity (Wildman–Crippen MR) is 136 cm³/mol. The van der Waals surface area contributed by atoms with Gasteiger partial charge in [-0.05, 0) is 28.8 Å². The van der Waals surface area contributed by atoms with Gasteiger partial charge >= 0.3 is 11.0 Å². The average Bonchev–Trinajstić information content (AvgIpc) is 3.38. The quantitative estimate of drug-likeness (QED) is 0.329. The van der Waals surface area contributed by atoms with Crippen LogP contribution in [0, 0.1) is 5.92 Å². The molecule has 1 N–H and O–H groups in total. The number of hydrogen-bond donors (Lipinski definition) is 1. The molecule has 2 aliphatic heterocycles. The maximum atomic E-state index is 13.8. The number of hydrogen-bond acceptors (Lipinski definition) is 5. The molecule has 3 atom stereocenters. The highest BCUT2D eigenvalue weighted by molar-refractivity contribution is 8.00. The Kier molecular flexibility index (Phi) is 5.61. The van der Waals surface area contributed by atoms with E-state index in [9.17, 15) is 27.6 Å². The van der Waals surface area contributed by atoms with Gasteiger partial charge in [0.05, 0.1) is 22.2 Å². The molecule has 0 bridgehead atoms. The lowest BCUT2D eigenvalue weighted by Gasteiger charge is -2.30. The molecule has 4 aromatic rings. The van der Waals surface area contributed by atoms with Gasteiger partial charge in [-0.3, -0.25) is 14.4 Å². The molecule has 2 aliphatic rings. The zero-order valence-electron chi connectivity index (χ0n) is 18.9. The molecular formula is C27H17F3N2O3S2. The van der Waals surface area contributed by atoms with Crippen molar-refractivity contribution in [2.24, 2.45) is 5.92 Å². The fourth-order valence-electron chi connectivity index (χ4n) is 5.04. The van der Waals surface area contributed by atoms with Gasteiger partial charge in [0.2, 0.25) is 11.8 Å². The molecule has 3 heterocycles. The smallest absolute Gasteiger partial charge is 0.307 e. The molecule has 1 saturated heterocycles. The van der Waals surface area contributed by atoms with Crippen molar-refractivity contribution >= 4 is 40.6 Å². The van der Waals surface area contributed by atoms with E-state index in [1.54, 1.807) is 0 Å². The summed E-state index contributed by atoms with van der Waals surface area (Å²) in [5.74, 6) is -3.04. The molecule has 0 radical (unpaired) electrons. The fraction of sp³-hybridized carbons (Fsp3) is 0.148. The van der Waals surface area contributed by atoms with Crippen LogP contribution < -0.4 is 9.77 Å². The van der Waals surface area contributed by atoms with Crippen molar-refractivity contribution in [3.63, 3.8) is 0 Å². The highest BCUT2D eigenvalue weighted by atomic mass is 32.2. The summed E-state index contributed by atoms with van der Waals surface area (Å²) in [6.07, 6.45) is -4.74. The molecule has 1 aromatic heterocycles. The van der Waals surface area contributed by atoms with Crippen LogP contribution in [0.3, 0.4) is 0 Å². The van der Waals surface area contributed by atoms with E-state index in [1.807, 2.05) is 54.6 Å². The SMILES string of the molecule is O=C1[C@H]2[C@H](c3ccc(-c4ccccc4)cc3)c3sc(=O)[nH]c3S[C@H]2C(=O)N1c1ccccc1C(F)(F)F. The maximum Gasteiger partial charge on any atom is 0.418 e. The summed E-state index contributed by atoms with van der Waals surface area (Å²) in [7, 11) is 0. The van der Waals surface area contributed by atoms with E-state index in [0.29, 0.717) is 20.4 Å². The van der Waals surface area contributed by atoms with Crippen LogP contribution in [-0.4, -0.2) is 22.0 Å². The van der Waals surface area contributed by atoms with E-state index in [4.69, 9.17) is 0 Å². The minimum Gasteiger partial charge on any atom is -0.307 e. The zero-order chi connectivity index (χ0) is 25.9. The second-order valence-corrected chi connectivity index (χ2v) is 10.9. The largest absolute Gasteiger partial charge is 0.418 e. The Morgan fingerprint density at radius 1 is 0.784 bits per heavy atom. The fourth-order valence-corrected chi connectivity index (χ4v) is 7.55. The predicted octanol–water partition coefficient (Wildman–Crippen LogP) is 5.92. The first kappa shape index (κ1) is 23.7. The summed E-state index contributed by atoms with van der Waals surface area (Å²) in [6.45, 7) is 0. The van der Waals surface area contributed by atoms with Crippen LogP contribution >= 0.6 is 23.1 Å². The molecule has 0 saturated carbocycles. The van der Waals surface area contributed by atoms with Gasteiger partial charge in [-0.15, -0.1) is 0 Å².